The van der Waals surface area contributed by atoms with Crippen LogP contribution in [0.15, 0.2) is 35.2 Å². The van der Waals surface area contributed by atoms with Gasteiger partial charge in [-0.15, -0.1) is 0 Å². The Bertz CT molecular complexity index is 633. The van der Waals surface area contributed by atoms with Crippen LogP contribution in [0.4, 0.5) is 11.4 Å². The number of nitrogens with zero attached hydrogens (tertiary/aromatic N) is 2. The predicted molar refractivity (Wildman–Crippen MR) is 77.0 cm³/mol. The minimum atomic E-state index is -0.157. The average Bonchev–Trinajstić information content (AvgIpc) is 3.15. The molecule has 19 heavy (non-hydrogen) atoms. The van der Waals surface area contributed by atoms with Gasteiger partial charge in [0.15, 0.2) is 0 Å². The van der Waals surface area contributed by atoms with Gasteiger partial charge in [-0.05, 0) is 40.9 Å². The summed E-state index contributed by atoms with van der Waals surface area (Å²) in [4.78, 5) is 16.3. The van der Waals surface area contributed by atoms with Crippen molar-refractivity contribution >= 4 is 33.2 Å². The molecule has 2 aromatic heterocycles. The highest BCUT2D eigenvalue weighted by Gasteiger charge is 2.27. The standard InChI is InChI=1S/C13H13BrN4O/c14-10-6-16-4-3-11(10)17-13(19)12-5-8(15)7-18(12)9-1-2-9/h3-7,9H,1-2,15H2,(H,16,17,19). The fraction of sp³-hybridized carbons (Fsp3) is 0.231. The Kier molecular flexibility index (Phi) is 3.02. The van der Waals surface area contributed by atoms with Gasteiger partial charge in [0.25, 0.3) is 5.91 Å². The number of halogens is 1. The molecule has 5 nitrogen and oxygen atoms in total. The van der Waals surface area contributed by atoms with Gasteiger partial charge in [-0.2, -0.15) is 0 Å². The molecule has 3 rings (SSSR count). The van der Waals surface area contributed by atoms with Crippen LogP contribution in [-0.4, -0.2) is 15.5 Å². The van der Waals surface area contributed by atoms with Crippen molar-refractivity contribution in [2.45, 2.75) is 18.9 Å². The Morgan fingerprint density at radius 3 is 3.00 bits per heavy atom. The van der Waals surface area contributed by atoms with Gasteiger partial charge in [0.2, 0.25) is 0 Å². The van der Waals surface area contributed by atoms with Gasteiger partial charge in [0.1, 0.15) is 5.69 Å². The molecular weight excluding hydrogens is 308 g/mol. The molecule has 6 heteroatoms. The van der Waals surface area contributed by atoms with Crippen molar-refractivity contribution in [3.63, 3.8) is 0 Å². The molecule has 98 valence electrons. The monoisotopic (exact) mass is 320 g/mol. The number of hydrogen-bond acceptors (Lipinski definition) is 3. The highest BCUT2D eigenvalue weighted by atomic mass is 79.9. The van der Waals surface area contributed by atoms with E-state index in [0.717, 1.165) is 17.3 Å². The molecule has 2 aromatic rings. The van der Waals surface area contributed by atoms with Crippen LogP contribution in [-0.2, 0) is 0 Å². The number of carbonyl (C=O) groups is 1. The van der Waals surface area contributed by atoms with Crippen LogP contribution in [0, 0.1) is 0 Å². The zero-order chi connectivity index (χ0) is 13.4. The molecule has 0 spiro atoms. The Morgan fingerprint density at radius 2 is 2.32 bits per heavy atom. The van der Waals surface area contributed by atoms with Gasteiger partial charge in [0, 0.05) is 24.6 Å². The zero-order valence-electron chi connectivity index (χ0n) is 10.1. The lowest BCUT2D eigenvalue weighted by atomic mass is 10.3. The average molecular weight is 321 g/mol. The van der Waals surface area contributed by atoms with E-state index in [1.54, 1.807) is 24.5 Å². The number of rotatable bonds is 3. The zero-order valence-corrected chi connectivity index (χ0v) is 11.7. The molecule has 0 radical (unpaired) electrons. The van der Waals surface area contributed by atoms with Gasteiger partial charge in [-0.1, -0.05) is 0 Å². The van der Waals surface area contributed by atoms with Crippen molar-refractivity contribution in [3.05, 3.63) is 40.9 Å². The van der Waals surface area contributed by atoms with E-state index in [-0.39, 0.29) is 5.91 Å². The summed E-state index contributed by atoms with van der Waals surface area (Å²) in [6.45, 7) is 0. The van der Waals surface area contributed by atoms with Crippen molar-refractivity contribution in [2.75, 3.05) is 11.1 Å². The van der Waals surface area contributed by atoms with Crippen molar-refractivity contribution in [2.24, 2.45) is 0 Å². The Balaban J connectivity index is 1.86. The molecule has 0 unspecified atom stereocenters. The maximum Gasteiger partial charge on any atom is 0.272 e. The predicted octanol–water partition coefficient (Wildman–Crippen LogP) is 2.82. The van der Waals surface area contributed by atoms with Gasteiger partial charge in [-0.3, -0.25) is 9.78 Å². The highest BCUT2D eigenvalue weighted by Crippen LogP contribution is 2.37. The molecule has 0 aliphatic heterocycles. The maximum atomic E-state index is 12.3. The lowest BCUT2D eigenvalue weighted by Gasteiger charge is -2.09. The van der Waals surface area contributed by atoms with Crippen LogP contribution in [0.25, 0.3) is 0 Å². The van der Waals surface area contributed by atoms with E-state index in [1.165, 1.54) is 0 Å². The van der Waals surface area contributed by atoms with E-state index < -0.39 is 0 Å². The Morgan fingerprint density at radius 1 is 1.53 bits per heavy atom. The molecule has 0 saturated heterocycles. The number of pyridine rings is 1. The van der Waals surface area contributed by atoms with Crippen molar-refractivity contribution in [1.82, 2.24) is 9.55 Å². The Hall–Kier alpha value is -1.82. The molecule has 1 aliphatic carbocycles. The molecule has 0 bridgehead atoms. The van der Waals surface area contributed by atoms with E-state index in [0.29, 0.717) is 23.1 Å². The van der Waals surface area contributed by atoms with E-state index in [2.05, 4.69) is 26.2 Å². The number of hydrogen-bond donors (Lipinski definition) is 2. The second-order valence-electron chi connectivity index (χ2n) is 4.61. The first-order valence-corrected chi connectivity index (χ1v) is 6.82. The minimum Gasteiger partial charge on any atom is -0.397 e. The topological polar surface area (TPSA) is 72.9 Å². The van der Waals surface area contributed by atoms with Gasteiger partial charge >= 0.3 is 0 Å². The third kappa shape index (κ3) is 2.49. The first kappa shape index (κ1) is 12.2. The van der Waals surface area contributed by atoms with E-state index in [9.17, 15) is 4.79 Å². The fourth-order valence-electron chi connectivity index (χ4n) is 2.00. The molecule has 0 atom stereocenters. The van der Waals surface area contributed by atoms with Crippen LogP contribution in [0.1, 0.15) is 29.4 Å². The number of amides is 1. The van der Waals surface area contributed by atoms with Crippen molar-refractivity contribution in [1.29, 1.82) is 0 Å². The lowest BCUT2D eigenvalue weighted by molar-refractivity contribution is 0.101. The maximum absolute atomic E-state index is 12.3. The van der Waals surface area contributed by atoms with E-state index >= 15 is 0 Å². The van der Waals surface area contributed by atoms with E-state index in [1.807, 2.05) is 10.8 Å². The SMILES string of the molecule is Nc1cc(C(=O)Nc2ccncc2Br)n(C2CC2)c1. The first-order chi connectivity index (χ1) is 9.15. The van der Waals surface area contributed by atoms with Gasteiger partial charge in [0.05, 0.1) is 15.8 Å². The summed E-state index contributed by atoms with van der Waals surface area (Å²) in [6.07, 6.45) is 7.31. The summed E-state index contributed by atoms with van der Waals surface area (Å²) in [5.74, 6) is -0.157. The number of anilines is 2. The molecular formula is C13H13BrN4O. The number of nitrogens with two attached hydrogens (primary N) is 1. The van der Waals surface area contributed by atoms with Crippen LogP contribution < -0.4 is 11.1 Å². The van der Waals surface area contributed by atoms with Gasteiger partial charge in [-0.25, -0.2) is 0 Å². The smallest absolute Gasteiger partial charge is 0.272 e. The molecule has 0 aromatic carbocycles. The molecule has 1 saturated carbocycles. The van der Waals surface area contributed by atoms with Crippen LogP contribution in [0.2, 0.25) is 0 Å². The quantitative estimate of drug-likeness (QED) is 0.913. The van der Waals surface area contributed by atoms with Crippen molar-refractivity contribution < 1.29 is 4.79 Å². The minimum absolute atomic E-state index is 0.157. The fourth-order valence-corrected chi connectivity index (χ4v) is 2.35. The normalized spacial score (nSPS) is 14.4. The molecule has 3 N–H and O–H groups in total. The molecule has 2 heterocycles. The highest BCUT2D eigenvalue weighted by molar-refractivity contribution is 9.10. The molecule has 1 aliphatic rings. The summed E-state index contributed by atoms with van der Waals surface area (Å²) >= 11 is 3.35. The largest absolute Gasteiger partial charge is 0.397 e. The second kappa shape index (κ2) is 4.70. The van der Waals surface area contributed by atoms with E-state index in [4.69, 9.17) is 5.73 Å². The third-order valence-electron chi connectivity index (χ3n) is 3.06. The summed E-state index contributed by atoms with van der Waals surface area (Å²) in [5, 5.41) is 2.86. The van der Waals surface area contributed by atoms with Crippen LogP contribution >= 0.6 is 15.9 Å². The molecule has 1 amide bonds. The Labute approximate surface area is 119 Å². The molecule has 1 fully saturated rings. The summed E-state index contributed by atoms with van der Waals surface area (Å²) < 4.78 is 2.71. The number of carbonyl (C=O) groups excluding carboxylic acids is 1. The summed E-state index contributed by atoms with van der Waals surface area (Å²) in [6, 6.07) is 3.87. The summed E-state index contributed by atoms with van der Waals surface area (Å²) in [5.41, 5.74) is 7.70. The first-order valence-electron chi connectivity index (χ1n) is 6.03. The summed E-state index contributed by atoms with van der Waals surface area (Å²) in [7, 11) is 0. The second-order valence-corrected chi connectivity index (χ2v) is 5.46. The van der Waals surface area contributed by atoms with Crippen LogP contribution in [0.5, 0.6) is 0 Å². The number of nitrogens with one attached hydrogen (secondary N) is 1. The third-order valence-corrected chi connectivity index (χ3v) is 3.70. The lowest BCUT2D eigenvalue weighted by Crippen LogP contribution is -2.16. The number of nitrogen functional groups attached to an aromatic ring is 1. The van der Waals surface area contributed by atoms with Crippen LogP contribution in [0.3, 0.4) is 0 Å². The van der Waals surface area contributed by atoms with Gasteiger partial charge < -0.3 is 15.6 Å². The number of aromatic nitrogens is 2. The van der Waals surface area contributed by atoms with Crippen molar-refractivity contribution in [3.8, 4) is 0 Å².